The molecule has 6 heteroatoms. The quantitative estimate of drug-likeness (QED) is 0.798. The highest BCUT2D eigenvalue weighted by Gasteiger charge is 2.35. The van der Waals surface area contributed by atoms with Crippen molar-refractivity contribution in [3.05, 3.63) is 34.3 Å². The smallest absolute Gasteiger partial charge is 0.221 e. The van der Waals surface area contributed by atoms with E-state index in [4.69, 9.17) is 9.47 Å². The van der Waals surface area contributed by atoms with Crippen LogP contribution in [0.4, 0.5) is 0 Å². The molecule has 24 heavy (non-hydrogen) atoms. The van der Waals surface area contributed by atoms with Gasteiger partial charge in [0, 0.05) is 48.7 Å². The molecule has 2 fully saturated rings. The van der Waals surface area contributed by atoms with Gasteiger partial charge in [-0.05, 0) is 30.5 Å². The highest BCUT2D eigenvalue weighted by Crippen LogP contribution is 2.35. The Kier molecular flexibility index (Phi) is 6.27. The fourth-order valence-electron chi connectivity index (χ4n) is 3.45. The highest BCUT2D eigenvalue weighted by atomic mass is 79.9. The molecule has 0 saturated carbocycles. The van der Waals surface area contributed by atoms with Gasteiger partial charge in [0.05, 0.1) is 13.2 Å². The van der Waals surface area contributed by atoms with Crippen molar-refractivity contribution >= 4 is 21.8 Å². The van der Waals surface area contributed by atoms with Crippen molar-refractivity contribution in [3.8, 4) is 0 Å². The monoisotopic (exact) mass is 396 g/mol. The molecule has 1 unspecified atom stereocenters. The first kappa shape index (κ1) is 17.9. The zero-order chi connectivity index (χ0) is 16.8. The highest BCUT2D eigenvalue weighted by molar-refractivity contribution is 9.10. The molecule has 1 atom stereocenters. The molecule has 132 valence electrons. The molecule has 0 aromatic heterocycles. The molecule has 1 aromatic carbocycles. The van der Waals surface area contributed by atoms with Gasteiger partial charge in [0.15, 0.2) is 0 Å². The first-order chi connectivity index (χ1) is 11.7. The number of hydrogen-bond donors (Lipinski definition) is 2. The van der Waals surface area contributed by atoms with Crippen molar-refractivity contribution in [2.45, 2.75) is 30.7 Å². The van der Waals surface area contributed by atoms with Gasteiger partial charge in [-0.1, -0.05) is 28.1 Å². The van der Waals surface area contributed by atoms with E-state index in [2.05, 4.69) is 50.8 Å². The Labute approximate surface area is 151 Å². The minimum absolute atomic E-state index is 0.0366. The number of rotatable bonds is 5. The Morgan fingerprint density at radius 1 is 1.21 bits per heavy atom. The summed E-state index contributed by atoms with van der Waals surface area (Å²) in [7, 11) is 0. The van der Waals surface area contributed by atoms with Crippen molar-refractivity contribution in [2.75, 3.05) is 39.5 Å². The zero-order valence-corrected chi connectivity index (χ0v) is 15.4. The van der Waals surface area contributed by atoms with Gasteiger partial charge in [-0.2, -0.15) is 0 Å². The van der Waals surface area contributed by atoms with Gasteiger partial charge in [-0.3, -0.25) is 4.79 Å². The van der Waals surface area contributed by atoms with Gasteiger partial charge in [0.1, 0.15) is 0 Å². The van der Waals surface area contributed by atoms with Crippen molar-refractivity contribution in [1.82, 2.24) is 10.6 Å². The van der Waals surface area contributed by atoms with E-state index in [9.17, 15) is 4.79 Å². The second-order valence-electron chi connectivity index (χ2n) is 6.61. The summed E-state index contributed by atoms with van der Waals surface area (Å²) in [5.74, 6) is 0.0842. The van der Waals surface area contributed by atoms with Crippen molar-refractivity contribution < 1.29 is 14.3 Å². The average molecular weight is 397 g/mol. The van der Waals surface area contributed by atoms with Crippen LogP contribution in [0.15, 0.2) is 28.7 Å². The van der Waals surface area contributed by atoms with E-state index < -0.39 is 0 Å². The van der Waals surface area contributed by atoms with E-state index in [-0.39, 0.29) is 17.4 Å². The van der Waals surface area contributed by atoms with Crippen LogP contribution in [-0.2, 0) is 19.7 Å². The Morgan fingerprint density at radius 3 is 2.62 bits per heavy atom. The minimum atomic E-state index is -0.0366. The van der Waals surface area contributed by atoms with Gasteiger partial charge >= 0.3 is 0 Å². The van der Waals surface area contributed by atoms with Gasteiger partial charge in [-0.25, -0.2) is 0 Å². The number of amides is 1. The molecule has 2 heterocycles. The van der Waals surface area contributed by atoms with E-state index in [1.165, 1.54) is 5.56 Å². The summed E-state index contributed by atoms with van der Waals surface area (Å²) in [6, 6.07) is 8.56. The molecule has 0 spiro atoms. The fraction of sp³-hybridized carbons (Fsp3) is 0.611. The Morgan fingerprint density at radius 2 is 1.96 bits per heavy atom. The third-order valence-corrected chi connectivity index (χ3v) is 5.49. The number of nitrogens with one attached hydrogen (secondary N) is 2. The van der Waals surface area contributed by atoms with E-state index in [1.54, 1.807) is 0 Å². The molecule has 0 radical (unpaired) electrons. The number of ether oxygens (including phenoxy) is 2. The standard InChI is InChI=1S/C18H25BrN2O3/c19-15-3-1-14(2-4-15)18(5-8-23-9-6-18)13-21-17(22)11-16-12-24-10-7-20-16/h1-4,16,20H,5-13H2,(H,21,22). The molecule has 0 bridgehead atoms. The van der Waals surface area contributed by atoms with Crippen LogP contribution >= 0.6 is 15.9 Å². The van der Waals surface area contributed by atoms with E-state index in [0.717, 1.165) is 43.7 Å². The fourth-order valence-corrected chi connectivity index (χ4v) is 3.71. The Balaban J connectivity index is 1.61. The molecule has 0 aliphatic carbocycles. The topological polar surface area (TPSA) is 59.6 Å². The van der Waals surface area contributed by atoms with Crippen molar-refractivity contribution in [2.24, 2.45) is 0 Å². The van der Waals surface area contributed by atoms with Crippen LogP contribution in [-0.4, -0.2) is 51.5 Å². The van der Waals surface area contributed by atoms with Gasteiger partial charge in [-0.15, -0.1) is 0 Å². The number of hydrogen-bond acceptors (Lipinski definition) is 4. The van der Waals surface area contributed by atoms with Crippen molar-refractivity contribution in [3.63, 3.8) is 0 Å². The molecule has 3 rings (SSSR count). The molecule has 1 aromatic rings. The first-order valence-electron chi connectivity index (χ1n) is 8.60. The van der Waals surface area contributed by atoms with E-state index in [0.29, 0.717) is 19.6 Å². The van der Waals surface area contributed by atoms with Crippen LogP contribution in [0.25, 0.3) is 0 Å². The number of benzene rings is 1. The lowest BCUT2D eigenvalue weighted by molar-refractivity contribution is -0.122. The predicted octanol–water partition coefficient (Wildman–Crippen LogP) is 1.99. The summed E-state index contributed by atoms with van der Waals surface area (Å²) in [5.41, 5.74) is 1.24. The van der Waals surface area contributed by atoms with Crippen LogP contribution in [0.5, 0.6) is 0 Å². The molecule has 2 saturated heterocycles. The van der Waals surface area contributed by atoms with E-state index >= 15 is 0 Å². The number of halogens is 1. The Hall–Kier alpha value is -0.950. The van der Waals surface area contributed by atoms with Crippen LogP contribution < -0.4 is 10.6 Å². The maximum atomic E-state index is 12.3. The summed E-state index contributed by atoms with van der Waals surface area (Å²) < 4.78 is 12.0. The second kappa shape index (κ2) is 8.43. The van der Waals surface area contributed by atoms with Crippen LogP contribution in [0, 0.1) is 0 Å². The third kappa shape index (κ3) is 4.57. The first-order valence-corrected chi connectivity index (χ1v) is 9.39. The summed E-state index contributed by atoms with van der Waals surface area (Å²) in [6.07, 6.45) is 2.33. The lowest BCUT2D eigenvalue weighted by Gasteiger charge is -2.38. The summed E-state index contributed by atoms with van der Waals surface area (Å²) in [6.45, 7) is 4.29. The van der Waals surface area contributed by atoms with Gasteiger partial charge < -0.3 is 20.1 Å². The SMILES string of the molecule is O=C(CC1COCCN1)NCC1(c2ccc(Br)cc2)CCOCC1. The summed E-state index contributed by atoms with van der Waals surface area (Å²) in [4.78, 5) is 12.3. The number of carbonyl (C=O) groups is 1. The van der Waals surface area contributed by atoms with Crippen LogP contribution in [0.2, 0.25) is 0 Å². The second-order valence-corrected chi connectivity index (χ2v) is 7.52. The molecule has 1 amide bonds. The number of carbonyl (C=O) groups excluding carboxylic acids is 1. The molecule has 5 nitrogen and oxygen atoms in total. The molecule has 2 aliphatic heterocycles. The third-order valence-electron chi connectivity index (χ3n) is 4.96. The molecular weight excluding hydrogens is 372 g/mol. The maximum Gasteiger partial charge on any atom is 0.221 e. The zero-order valence-electron chi connectivity index (χ0n) is 13.9. The summed E-state index contributed by atoms with van der Waals surface area (Å²) >= 11 is 3.49. The summed E-state index contributed by atoms with van der Waals surface area (Å²) in [5, 5.41) is 6.48. The normalized spacial score (nSPS) is 23.6. The van der Waals surface area contributed by atoms with Gasteiger partial charge in [0.25, 0.3) is 0 Å². The predicted molar refractivity (Wildman–Crippen MR) is 96.1 cm³/mol. The lowest BCUT2D eigenvalue weighted by Crippen LogP contribution is -2.48. The number of morpholine rings is 1. The van der Waals surface area contributed by atoms with Crippen molar-refractivity contribution in [1.29, 1.82) is 0 Å². The molecule has 2 aliphatic rings. The Bertz CT molecular complexity index is 538. The van der Waals surface area contributed by atoms with Crippen LogP contribution in [0.1, 0.15) is 24.8 Å². The lowest BCUT2D eigenvalue weighted by atomic mass is 9.74. The van der Waals surface area contributed by atoms with Crippen LogP contribution in [0.3, 0.4) is 0 Å². The van der Waals surface area contributed by atoms with E-state index in [1.807, 2.05) is 0 Å². The average Bonchev–Trinajstić information content (AvgIpc) is 2.62. The van der Waals surface area contributed by atoms with Gasteiger partial charge in [0.2, 0.25) is 5.91 Å². The minimum Gasteiger partial charge on any atom is -0.381 e. The molecular formula is C18H25BrN2O3. The largest absolute Gasteiger partial charge is 0.381 e. The maximum absolute atomic E-state index is 12.3. The molecule has 2 N–H and O–H groups in total.